The Morgan fingerprint density at radius 1 is 1.19 bits per heavy atom. The van der Waals surface area contributed by atoms with E-state index in [-0.39, 0.29) is 22.3 Å². The summed E-state index contributed by atoms with van der Waals surface area (Å²) in [5, 5.41) is 23.8. The maximum atomic E-state index is 12.5. The molecule has 0 aliphatic rings. The Morgan fingerprint density at radius 3 is 2.77 bits per heavy atom. The Hall–Kier alpha value is -4.04. The number of amides is 1. The number of fused-ring (bicyclic) bond motifs is 1. The summed E-state index contributed by atoms with van der Waals surface area (Å²) >= 11 is 5.94. The predicted molar refractivity (Wildman–Crippen MR) is 118 cm³/mol. The van der Waals surface area contributed by atoms with Crippen LogP contribution >= 0.6 is 11.6 Å². The fraction of sp³-hybridized carbons (Fsp3) is 0.0455. The van der Waals surface area contributed by atoms with Crippen molar-refractivity contribution < 1.29 is 19.7 Å². The lowest BCUT2D eigenvalue weighted by Crippen LogP contribution is -2.17. The molecule has 31 heavy (non-hydrogen) atoms. The predicted octanol–water partition coefficient (Wildman–Crippen LogP) is 4.07. The lowest BCUT2D eigenvalue weighted by Gasteiger charge is -2.06. The third-order valence-electron chi connectivity index (χ3n) is 4.55. The van der Waals surface area contributed by atoms with Gasteiger partial charge in [-0.15, -0.1) is 0 Å². The number of carbonyl (C=O) groups excluding carboxylic acids is 1. The fourth-order valence-electron chi connectivity index (χ4n) is 3.01. The first-order chi connectivity index (χ1) is 15.0. The average Bonchev–Trinajstić information content (AvgIpc) is 3.19. The van der Waals surface area contributed by atoms with Crippen LogP contribution in [0.5, 0.6) is 17.2 Å². The van der Waals surface area contributed by atoms with Crippen molar-refractivity contribution in [1.82, 2.24) is 15.4 Å². The van der Waals surface area contributed by atoms with Gasteiger partial charge in [0.1, 0.15) is 11.6 Å². The highest BCUT2D eigenvalue weighted by Gasteiger charge is 2.12. The number of phenolic OH excluding ortho intramolecular Hbond substituents is 2. The van der Waals surface area contributed by atoms with Crippen molar-refractivity contribution in [2.24, 2.45) is 5.10 Å². The van der Waals surface area contributed by atoms with Gasteiger partial charge in [0.2, 0.25) is 0 Å². The number of halogens is 1. The van der Waals surface area contributed by atoms with E-state index in [9.17, 15) is 15.0 Å². The van der Waals surface area contributed by atoms with E-state index in [1.54, 1.807) is 42.5 Å². The fourth-order valence-corrected chi connectivity index (χ4v) is 3.23. The molecular weight excluding hydrogens is 420 g/mol. The van der Waals surface area contributed by atoms with Crippen LogP contribution in [0.4, 0.5) is 0 Å². The first-order valence-electron chi connectivity index (χ1n) is 9.14. The molecular formula is C22H17ClN4O4. The van der Waals surface area contributed by atoms with Crippen molar-refractivity contribution in [3.05, 3.63) is 70.7 Å². The van der Waals surface area contributed by atoms with Crippen LogP contribution in [0.2, 0.25) is 5.02 Å². The first kappa shape index (κ1) is 20.2. The molecule has 0 bridgehead atoms. The Bertz CT molecular complexity index is 1320. The number of hydrogen-bond acceptors (Lipinski definition) is 6. The molecule has 0 atom stereocenters. The molecule has 3 aromatic carbocycles. The Morgan fingerprint density at radius 2 is 2.00 bits per heavy atom. The van der Waals surface area contributed by atoms with Gasteiger partial charge < -0.3 is 19.9 Å². The summed E-state index contributed by atoms with van der Waals surface area (Å²) < 4.78 is 5.04. The standard InChI is InChI=1S/C22H17ClN4O4/c1-31-19-9-12(8-15(23)20(19)29)11-24-27-22(30)13-6-7-16-17(10-13)26-21(25-16)14-4-2-3-5-18(14)28/h2-11,28-29H,1H3,(H,25,26)(H,27,30)/b24-11+. The second kappa shape index (κ2) is 8.37. The maximum absolute atomic E-state index is 12.5. The lowest BCUT2D eigenvalue weighted by molar-refractivity contribution is 0.0955. The zero-order valence-electron chi connectivity index (χ0n) is 16.3. The number of H-pyrrole nitrogens is 1. The number of para-hydroxylation sites is 1. The van der Waals surface area contributed by atoms with Crippen LogP contribution in [-0.4, -0.2) is 39.4 Å². The van der Waals surface area contributed by atoms with E-state index in [0.29, 0.717) is 33.5 Å². The molecule has 1 heterocycles. The van der Waals surface area contributed by atoms with Crippen molar-refractivity contribution in [2.75, 3.05) is 7.11 Å². The molecule has 0 saturated heterocycles. The Labute approximate surface area is 181 Å². The van der Waals surface area contributed by atoms with Gasteiger partial charge in [-0.2, -0.15) is 5.10 Å². The maximum Gasteiger partial charge on any atom is 0.271 e. The summed E-state index contributed by atoms with van der Waals surface area (Å²) in [7, 11) is 1.41. The summed E-state index contributed by atoms with van der Waals surface area (Å²) in [6.45, 7) is 0. The van der Waals surface area contributed by atoms with Crippen LogP contribution in [0.15, 0.2) is 59.7 Å². The van der Waals surface area contributed by atoms with Gasteiger partial charge in [-0.05, 0) is 48.0 Å². The molecule has 0 aliphatic carbocycles. The van der Waals surface area contributed by atoms with Gasteiger partial charge in [0.25, 0.3) is 5.91 Å². The second-order valence-corrected chi connectivity index (χ2v) is 6.99. The number of methoxy groups -OCH3 is 1. The number of hydrogen-bond donors (Lipinski definition) is 4. The molecule has 1 aromatic heterocycles. The van der Waals surface area contributed by atoms with Crippen molar-refractivity contribution in [3.8, 4) is 28.6 Å². The number of imidazole rings is 1. The number of benzene rings is 3. The first-order valence-corrected chi connectivity index (χ1v) is 9.52. The molecule has 0 aliphatic heterocycles. The zero-order valence-corrected chi connectivity index (χ0v) is 17.0. The molecule has 0 spiro atoms. The van der Waals surface area contributed by atoms with Crippen LogP contribution in [0.25, 0.3) is 22.4 Å². The van der Waals surface area contributed by atoms with E-state index in [1.807, 2.05) is 0 Å². The molecule has 0 unspecified atom stereocenters. The second-order valence-electron chi connectivity index (χ2n) is 6.59. The van der Waals surface area contributed by atoms with Gasteiger partial charge in [0, 0.05) is 5.56 Å². The largest absolute Gasteiger partial charge is 0.507 e. The van der Waals surface area contributed by atoms with E-state index in [2.05, 4.69) is 20.5 Å². The van der Waals surface area contributed by atoms with Crippen LogP contribution < -0.4 is 10.2 Å². The number of nitrogens with one attached hydrogen (secondary N) is 2. The summed E-state index contributed by atoms with van der Waals surface area (Å²) in [5.41, 5.74) is 5.22. The number of aromatic hydroxyl groups is 2. The van der Waals surface area contributed by atoms with Crippen LogP contribution in [-0.2, 0) is 0 Å². The lowest BCUT2D eigenvalue weighted by atomic mass is 10.2. The highest BCUT2D eigenvalue weighted by Crippen LogP contribution is 2.34. The minimum atomic E-state index is -0.423. The molecule has 4 aromatic rings. The van der Waals surface area contributed by atoms with E-state index < -0.39 is 5.91 Å². The van der Waals surface area contributed by atoms with E-state index in [0.717, 1.165) is 0 Å². The molecule has 4 N–H and O–H groups in total. The number of hydrazone groups is 1. The van der Waals surface area contributed by atoms with Gasteiger partial charge in [-0.1, -0.05) is 23.7 Å². The normalized spacial score (nSPS) is 11.2. The number of aromatic nitrogens is 2. The quantitative estimate of drug-likeness (QED) is 0.278. The number of phenols is 2. The van der Waals surface area contributed by atoms with Gasteiger partial charge in [-0.25, -0.2) is 10.4 Å². The van der Waals surface area contributed by atoms with Crippen LogP contribution in [0.3, 0.4) is 0 Å². The summed E-state index contributed by atoms with van der Waals surface area (Å²) in [6.07, 6.45) is 1.39. The summed E-state index contributed by atoms with van der Waals surface area (Å²) in [5.74, 6) is 0.224. The van der Waals surface area contributed by atoms with Crippen molar-refractivity contribution >= 4 is 34.8 Å². The molecule has 9 heteroatoms. The number of ether oxygens (including phenoxy) is 1. The van der Waals surface area contributed by atoms with E-state index in [1.165, 1.54) is 25.5 Å². The Kier molecular flexibility index (Phi) is 5.46. The van der Waals surface area contributed by atoms with Gasteiger partial charge in [0.05, 0.1) is 34.9 Å². The molecule has 0 saturated carbocycles. The van der Waals surface area contributed by atoms with E-state index in [4.69, 9.17) is 16.3 Å². The smallest absolute Gasteiger partial charge is 0.271 e. The monoisotopic (exact) mass is 436 g/mol. The topological polar surface area (TPSA) is 120 Å². The third-order valence-corrected chi connectivity index (χ3v) is 4.84. The molecule has 4 rings (SSSR count). The molecule has 0 fully saturated rings. The number of rotatable bonds is 5. The number of nitrogens with zero attached hydrogens (tertiary/aromatic N) is 2. The summed E-state index contributed by atoms with van der Waals surface area (Å²) in [6, 6.07) is 14.9. The minimum absolute atomic E-state index is 0.108. The van der Waals surface area contributed by atoms with Crippen LogP contribution in [0, 0.1) is 0 Å². The Balaban J connectivity index is 1.52. The van der Waals surface area contributed by atoms with E-state index >= 15 is 0 Å². The minimum Gasteiger partial charge on any atom is -0.507 e. The van der Waals surface area contributed by atoms with Gasteiger partial charge >= 0.3 is 0 Å². The zero-order chi connectivity index (χ0) is 22.0. The van der Waals surface area contributed by atoms with Crippen molar-refractivity contribution in [1.29, 1.82) is 0 Å². The highest BCUT2D eigenvalue weighted by molar-refractivity contribution is 6.32. The summed E-state index contributed by atoms with van der Waals surface area (Å²) in [4.78, 5) is 20.0. The highest BCUT2D eigenvalue weighted by atomic mass is 35.5. The van der Waals surface area contributed by atoms with Crippen molar-refractivity contribution in [3.63, 3.8) is 0 Å². The SMILES string of the molecule is COc1cc(/C=N/NC(=O)c2ccc3nc(-c4ccccc4O)[nH]c3c2)cc(Cl)c1O. The van der Waals surface area contributed by atoms with Gasteiger partial charge in [0.15, 0.2) is 11.5 Å². The van der Waals surface area contributed by atoms with Crippen LogP contribution in [0.1, 0.15) is 15.9 Å². The molecule has 0 radical (unpaired) electrons. The molecule has 8 nitrogen and oxygen atoms in total. The average molecular weight is 437 g/mol. The third kappa shape index (κ3) is 4.15. The molecule has 156 valence electrons. The molecule has 1 amide bonds. The van der Waals surface area contributed by atoms with Gasteiger partial charge in [-0.3, -0.25) is 4.79 Å². The van der Waals surface area contributed by atoms with Crippen molar-refractivity contribution in [2.45, 2.75) is 0 Å². The number of aromatic amines is 1. The number of carbonyl (C=O) groups is 1.